The van der Waals surface area contributed by atoms with Gasteiger partial charge in [-0.1, -0.05) is 18.2 Å². The first kappa shape index (κ1) is 16.8. The van der Waals surface area contributed by atoms with Crippen molar-refractivity contribution in [2.75, 3.05) is 5.75 Å². The molecule has 1 aromatic heterocycles. The number of hydrogen-bond donors (Lipinski definition) is 2. The van der Waals surface area contributed by atoms with Gasteiger partial charge < -0.3 is 10.4 Å². The SMILES string of the molecule is C/C=C\C1=C(C(=O)O)N2C(=O)[C@@H](NC(=O)Cc3cccs3)[C@H]2SC1. The number of carbonyl (C=O) groups excluding carboxylic acids is 2. The summed E-state index contributed by atoms with van der Waals surface area (Å²) in [5, 5.41) is 13.7. The molecule has 1 aromatic rings. The Morgan fingerprint density at radius 3 is 2.92 bits per heavy atom. The van der Waals surface area contributed by atoms with Crippen LogP contribution in [-0.2, 0) is 20.8 Å². The topological polar surface area (TPSA) is 86.7 Å². The Labute approximate surface area is 147 Å². The number of nitrogens with zero attached hydrogens (tertiary/aromatic N) is 1. The lowest BCUT2D eigenvalue weighted by atomic mass is 10.0. The number of β-lactam (4-membered cyclic amide) rings is 1. The molecule has 3 heterocycles. The number of amides is 2. The Morgan fingerprint density at radius 2 is 2.29 bits per heavy atom. The highest BCUT2D eigenvalue weighted by Crippen LogP contribution is 2.40. The summed E-state index contributed by atoms with van der Waals surface area (Å²) in [5.74, 6) is -1.22. The zero-order valence-corrected chi connectivity index (χ0v) is 14.5. The summed E-state index contributed by atoms with van der Waals surface area (Å²) in [6.45, 7) is 1.80. The molecule has 0 aliphatic carbocycles. The van der Waals surface area contributed by atoms with E-state index >= 15 is 0 Å². The van der Waals surface area contributed by atoms with Gasteiger partial charge in [-0.15, -0.1) is 23.1 Å². The number of carboxylic acids is 1. The van der Waals surface area contributed by atoms with Crippen molar-refractivity contribution < 1.29 is 19.5 Å². The van der Waals surface area contributed by atoms with E-state index in [2.05, 4.69) is 5.32 Å². The van der Waals surface area contributed by atoms with E-state index < -0.39 is 12.0 Å². The molecule has 0 saturated carbocycles. The zero-order valence-electron chi connectivity index (χ0n) is 12.9. The predicted molar refractivity (Wildman–Crippen MR) is 92.5 cm³/mol. The molecule has 6 nitrogen and oxygen atoms in total. The lowest BCUT2D eigenvalue weighted by Gasteiger charge is -2.49. The first-order valence-electron chi connectivity index (χ1n) is 7.38. The molecule has 1 fully saturated rings. The van der Waals surface area contributed by atoms with Gasteiger partial charge in [-0.25, -0.2) is 4.79 Å². The van der Waals surface area contributed by atoms with Crippen LogP contribution < -0.4 is 5.32 Å². The molecule has 0 bridgehead atoms. The van der Waals surface area contributed by atoms with Crippen molar-refractivity contribution in [1.82, 2.24) is 10.2 Å². The zero-order chi connectivity index (χ0) is 17.3. The number of thioether (sulfide) groups is 1. The van der Waals surface area contributed by atoms with Crippen molar-refractivity contribution in [2.24, 2.45) is 0 Å². The summed E-state index contributed by atoms with van der Waals surface area (Å²) < 4.78 is 0. The molecule has 2 amide bonds. The fourth-order valence-electron chi connectivity index (χ4n) is 2.77. The first-order valence-corrected chi connectivity index (χ1v) is 9.31. The number of fused-ring (bicyclic) bond motifs is 1. The molecule has 3 rings (SSSR count). The van der Waals surface area contributed by atoms with E-state index in [1.165, 1.54) is 28.0 Å². The number of carboxylic acid groups (broad SMARTS) is 1. The first-order chi connectivity index (χ1) is 11.5. The average Bonchev–Trinajstić information content (AvgIpc) is 3.05. The minimum absolute atomic E-state index is 0.0191. The number of thiophene rings is 1. The van der Waals surface area contributed by atoms with Gasteiger partial charge in [-0.05, 0) is 23.9 Å². The lowest BCUT2D eigenvalue weighted by molar-refractivity contribution is -0.150. The third-order valence-corrected chi connectivity index (χ3v) is 5.98. The number of aliphatic carboxylic acids is 1. The summed E-state index contributed by atoms with van der Waals surface area (Å²) in [4.78, 5) is 38.2. The van der Waals surface area contributed by atoms with Crippen LogP contribution in [-0.4, -0.2) is 45.0 Å². The fraction of sp³-hybridized carbons (Fsp3) is 0.312. The molecule has 24 heavy (non-hydrogen) atoms. The molecule has 1 saturated heterocycles. The van der Waals surface area contributed by atoms with Crippen molar-refractivity contribution in [2.45, 2.75) is 24.8 Å². The normalized spacial score (nSPS) is 23.2. The third kappa shape index (κ3) is 2.99. The van der Waals surface area contributed by atoms with Crippen LogP contribution in [0.5, 0.6) is 0 Å². The number of carbonyl (C=O) groups is 3. The molecule has 8 heteroatoms. The maximum Gasteiger partial charge on any atom is 0.352 e. The second-order valence-corrected chi connectivity index (χ2v) is 7.53. The van der Waals surface area contributed by atoms with Gasteiger partial charge in [0.05, 0.1) is 6.42 Å². The highest BCUT2D eigenvalue weighted by atomic mass is 32.2. The average molecular weight is 364 g/mol. The van der Waals surface area contributed by atoms with E-state index in [1.807, 2.05) is 17.5 Å². The van der Waals surface area contributed by atoms with Gasteiger partial charge in [-0.3, -0.25) is 14.5 Å². The molecule has 126 valence electrons. The van der Waals surface area contributed by atoms with Crippen LogP contribution in [0.2, 0.25) is 0 Å². The third-order valence-electron chi connectivity index (χ3n) is 3.80. The lowest BCUT2D eigenvalue weighted by Crippen LogP contribution is -2.70. The molecule has 2 aliphatic rings. The summed E-state index contributed by atoms with van der Waals surface area (Å²) in [5.41, 5.74) is 0.633. The Bertz CT molecular complexity index is 739. The van der Waals surface area contributed by atoms with Crippen LogP contribution >= 0.6 is 23.1 Å². The summed E-state index contributed by atoms with van der Waals surface area (Å²) >= 11 is 2.95. The highest BCUT2D eigenvalue weighted by Gasteiger charge is 2.53. The van der Waals surface area contributed by atoms with Gasteiger partial charge in [0.25, 0.3) is 5.91 Å². The Hall–Kier alpha value is -2.06. The van der Waals surface area contributed by atoms with Gasteiger partial charge in [-0.2, -0.15) is 0 Å². The van der Waals surface area contributed by atoms with E-state index in [0.717, 1.165) is 4.88 Å². The second kappa shape index (κ2) is 6.82. The number of nitrogens with one attached hydrogen (secondary N) is 1. The highest BCUT2D eigenvalue weighted by molar-refractivity contribution is 8.00. The molecule has 0 aromatic carbocycles. The van der Waals surface area contributed by atoms with Crippen LogP contribution in [0, 0.1) is 0 Å². The maximum absolute atomic E-state index is 12.4. The Morgan fingerprint density at radius 1 is 1.50 bits per heavy atom. The molecular formula is C16H16N2O4S2. The van der Waals surface area contributed by atoms with Crippen molar-refractivity contribution >= 4 is 40.9 Å². The van der Waals surface area contributed by atoms with E-state index in [9.17, 15) is 19.5 Å². The largest absolute Gasteiger partial charge is 0.477 e. The van der Waals surface area contributed by atoms with E-state index in [-0.39, 0.29) is 29.3 Å². The standard InChI is InChI=1S/C16H16N2O4S2/c1-2-4-9-8-24-15-12(14(20)18(15)13(9)16(21)22)17-11(19)7-10-5-3-6-23-10/h2-6,12,15H,7-8H2,1H3,(H,17,19)(H,21,22)/b4-2-/t12-,15-/m1/s1. The van der Waals surface area contributed by atoms with Gasteiger partial charge in [0.1, 0.15) is 17.1 Å². The van der Waals surface area contributed by atoms with Gasteiger partial charge in [0.15, 0.2) is 0 Å². The predicted octanol–water partition coefficient (Wildman–Crippen LogP) is 1.61. The molecule has 0 spiro atoms. The van der Waals surface area contributed by atoms with Gasteiger partial charge in [0.2, 0.25) is 5.91 Å². The molecule has 2 N–H and O–H groups in total. The minimum atomic E-state index is -1.12. The van der Waals surface area contributed by atoms with Crippen molar-refractivity contribution in [1.29, 1.82) is 0 Å². The summed E-state index contributed by atoms with van der Waals surface area (Å²) in [6, 6.07) is 3.07. The summed E-state index contributed by atoms with van der Waals surface area (Å²) in [7, 11) is 0. The summed E-state index contributed by atoms with van der Waals surface area (Å²) in [6.07, 6.45) is 3.69. The molecule has 2 atom stereocenters. The number of rotatable bonds is 5. The molecule has 0 radical (unpaired) electrons. The Balaban J connectivity index is 1.72. The van der Waals surface area contributed by atoms with Crippen molar-refractivity contribution in [3.63, 3.8) is 0 Å². The minimum Gasteiger partial charge on any atom is -0.477 e. The number of hydrogen-bond acceptors (Lipinski definition) is 5. The smallest absolute Gasteiger partial charge is 0.352 e. The van der Waals surface area contributed by atoms with Crippen molar-refractivity contribution in [3.05, 3.63) is 45.8 Å². The van der Waals surface area contributed by atoms with Crippen molar-refractivity contribution in [3.8, 4) is 0 Å². The van der Waals surface area contributed by atoms with Crippen LogP contribution in [0.1, 0.15) is 11.8 Å². The quantitative estimate of drug-likeness (QED) is 0.775. The second-order valence-electron chi connectivity index (χ2n) is 5.39. The van der Waals surface area contributed by atoms with E-state index in [4.69, 9.17) is 0 Å². The van der Waals surface area contributed by atoms with Gasteiger partial charge in [0, 0.05) is 10.6 Å². The number of allylic oxidation sites excluding steroid dienone is 2. The van der Waals surface area contributed by atoms with Crippen LogP contribution in [0.15, 0.2) is 40.9 Å². The van der Waals surface area contributed by atoms with Crippen LogP contribution in [0.25, 0.3) is 0 Å². The van der Waals surface area contributed by atoms with Crippen LogP contribution in [0.4, 0.5) is 0 Å². The van der Waals surface area contributed by atoms with Crippen LogP contribution in [0.3, 0.4) is 0 Å². The molecule has 2 aliphatic heterocycles. The van der Waals surface area contributed by atoms with E-state index in [1.54, 1.807) is 19.1 Å². The monoisotopic (exact) mass is 364 g/mol. The molecular weight excluding hydrogens is 348 g/mol. The fourth-order valence-corrected chi connectivity index (χ4v) is 4.79. The molecule has 0 unspecified atom stereocenters. The van der Waals surface area contributed by atoms with E-state index in [0.29, 0.717) is 11.3 Å². The van der Waals surface area contributed by atoms with Gasteiger partial charge >= 0.3 is 5.97 Å². The maximum atomic E-state index is 12.4. The Kier molecular flexibility index (Phi) is 4.77.